The lowest BCUT2D eigenvalue weighted by Gasteiger charge is -2.34. The van der Waals surface area contributed by atoms with Crippen molar-refractivity contribution in [3.05, 3.63) is 74.8 Å². The van der Waals surface area contributed by atoms with Gasteiger partial charge in [0.15, 0.2) is 0 Å². The first-order valence-corrected chi connectivity index (χ1v) is 12.2. The number of carbonyl (C=O) groups is 3. The Labute approximate surface area is 203 Å². The summed E-state index contributed by atoms with van der Waals surface area (Å²) >= 11 is 0. The van der Waals surface area contributed by atoms with E-state index in [0.29, 0.717) is 49.4 Å². The molecule has 35 heavy (non-hydrogen) atoms. The second-order valence-electron chi connectivity index (χ2n) is 9.53. The van der Waals surface area contributed by atoms with Crippen LogP contribution in [0.2, 0.25) is 0 Å². The average Bonchev–Trinajstić information content (AvgIpc) is 3.14. The smallest absolute Gasteiger partial charge is 0.269 e. The minimum Gasteiger partial charge on any atom is -0.336 e. The second kappa shape index (κ2) is 9.58. The van der Waals surface area contributed by atoms with Gasteiger partial charge in [0.05, 0.1) is 16.1 Å². The molecule has 182 valence electrons. The van der Waals surface area contributed by atoms with Gasteiger partial charge in [-0.05, 0) is 36.6 Å². The standard InChI is InChI=1S/C26H28N4O5/c31-24(28-13-11-27(12-14-28)17-18-5-4-8-21(15-18)30(34)35)19-9-10-22-23(16-19)26(33)29(25(22)32)20-6-2-1-3-7-20/h4-5,8-10,15-16,20H,1-3,6-7,11-14,17H2. The van der Waals surface area contributed by atoms with E-state index < -0.39 is 4.92 Å². The van der Waals surface area contributed by atoms with E-state index in [1.54, 1.807) is 35.2 Å². The molecule has 2 aromatic rings. The molecule has 0 N–H and O–H groups in total. The van der Waals surface area contributed by atoms with Crippen molar-refractivity contribution in [2.45, 2.75) is 44.7 Å². The molecule has 2 fully saturated rings. The third-order valence-electron chi connectivity index (χ3n) is 7.29. The molecule has 9 heteroatoms. The van der Waals surface area contributed by atoms with Gasteiger partial charge in [-0.2, -0.15) is 0 Å². The van der Waals surface area contributed by atoms with Crippen molar-refractivity contribution in [3.63, 3.8) is 0 Å². The van der Waals surface area contributed by atoms with Crippen LogP contribution in [-0.4, -0.2) is 69.6 Å². The number of amides is 3. The van der Waals surface area contributed by atoms with Gasteiger partial charge < -0.3 is 4.90 Å². The van der Waals surface area contributed by atoms with Crippen molar-refractivity contribution in [1.29, 1.82) is 0 Å². The topological polar surface area (TPSA) is 104 Å². The van der Waals surface area contributed by atoms with Crippen LogP contribution in [0.25, 0.3) is 0 Å². The van der Waals surface area contributed by atoms with Crippen molar-refractivity contribution >= 4 is 23.4 Å². The van der Waals surface area contributed by atoms with E-state index in [1.807, 2.05) is 6.07 Å². The summed E-state index contributed by atoms with van der Waals surface area (Å²) in [6.07, 6.45) is 4.87. The third kappa shape index (κ3) is 4.55. The number of rotatable bonds is 5. The number of piperazine rings is 1. The van der Waals surface area contributed by atoms with E-state index in [1.165, 1.54) is 11.0 Å². The van der Waals surface area contributed by atoms with Crippen LogP contribution in [0, 0.1) is 10.1 Å². The van der Waals surface area contributed by atoms with Crippen molar-refractivity contribution in [1.82, 2.24) is 14.7 Å². The average molecular weight is 477 g/mol. The molecule has 2 heterocycles. The first-order valence-electron chi connectivity index (χ1n) is 12.2. The predicted molar refractivity (Wildman–Crippen MR) is 128 cm³/mol. The van der Waals surface area contributed by atoms with E-state index in [4.69, 9.17) is 0 Å². The van der Waals surface area contributed by atoms with Gasteiger partial charge in [-0.1, -0.05) is 31.4 Å². The number of imide groups is 1. The van der Waals surface area contributed by atoms with Gasteiger partial charge in [0.1, 0.15) is 0 Å². The summed E-state index contributed by atoms with van der Waals surface area (Å²) in [5.74, 6) is -0.682. The zero-order chi connectivity index (χ0) is 24.5. The number of nitro groups is 1. The highest BCUT2D eigenvalue weighted by Crippen LogP contribution is 2.31. The highest BCUT2D eigenvalue weighted by molar-refractivity contribution is 6.22. The molecule has 1 saturated heterocycles. The molecule has 3 aliphatic rings. The Morgan fingerprint density at radius 1 is 0.914 bits per heavy atom. The van der Waals surface area contributed by atoms with Gasteiger partial charge in [-0.15, -0.1) is 0 Å². The minimum atomic E-state index is -0.399. The van der Waals surface area contributed by atoms with Crippen molar-refractivity contribution in [2.24, 2.45) is 0 Å². The quantitative estimate of drug-likeness (QED) is 0.372. The second-order valence-corrected chi connectivity index (χ2v) is 9.53. The molecular formula is C26H28N4O5. The summed E-state index contributed by atoms with van der Waals surface area (Å²) in [4.78, 5) is 55.1. The minimum absolute atomic E-state index is 0.0468. The highest BCUT2D eigenvalue weighted by Gasteiger charge is 2.40. The summed E-state index contributed by atoms with van der Waals surface area (Å²) in [6.45, 7) is 2.91. The Kier molecular flexibility index (Phi) is 6.34. The van der Waals surface area contributed by atoms with Crippen LogP contribution in [0.5, 0.6) is 0 Å². The van der Waals surface area contributed by atoms with Gasteiger partial charge in [-0.3, -0.25) is 34.3 Å². The highest BCUT2D eigenvalue weighted by atomic mass is 16.6. The Bertz CT molecular complexity index is 1180. The molecule has 5 rings (SSSR count). The van der Waals surface area contributed by atoms with E-state index in [0.717, 1.165) is 37.7 Å². The van der Waals surface area contributed by atoms with Gasteiger partial charge in [0.25, 0.3) is 23.4 Å². The van der Waals surface area contributed by atoms with E-state index in [-0.39, 0.29) is 29.5 Å². The lowest BCUT2D eigenvalue weighted by molar-refractivity contribution is -0.384. The normalized spacial score (nSPS) is 19.2. The zero-order valence-electron chi connectivity index (χ0n) is 19.5. The number of benzene rings is 2. The number of carbonyl (C=O) groups excluding carboxylic acids is 3. The van der Waals surface area contributed by atoms with Crippen LogP contribution >= 0.6 is 0 Å². The third-order valence-corrected chi connectivity index (χ3v) is 7.29. The van der Waals surface area contributed by atoms with Crippen LogP contribution < -0.4 is 0 Å². The monoisotopic (exact) mass is 476 g/mol. The van der Waals surface area contributed by atoms with Crippen molar-refractivity contribution in [2.75, 3.05) is 26.2 Å². The van der Waals surface area contributed by atoms with Gasteiger partial charge >= 0.3 is 0 Å². The van der Waals surface area contributed by atoms with E-state index in [9.17, 15) is 24.5 Å². The van der Waals surface area contributed by atoms with Crippen LogP contribution in [0.1, 0.15) is 68.7 Å². The van der Waals surface area contributed by atoms with Crippen molar-refractivity contribution in [3.8, 4) is 0 Å². The number of hydrogen-bond acceptors (Lipinski definition) is 6. The van der Waals surface area contributed by atoms with Gasteiger partial charge in [-0.25, -0.2) is 0 Å². The van der Waals surface area contributed by atoms with Gasteiger partial charge in [0.2, 0.25) is 0 Å². The Morgan fingerprint density at radius 2 is 1.63 bits per heavy atom. The molecule has 0 radical (unpaired) electrons. The van der Waals surface area contributed by atoms with E-state index in [2.05, 4.69) is 4.90 Å². The van der Waals surface area contributed by atoms with E-state index >= 15 is 0 Å². The molecule has 0 atom stereocenters. The van der Waals surface area contributed by atoms with Crippen LogP contribution in [0.4, 0.5) is 5.69 Å². The predicted octanol–water partition coefficient (Wildman–Crippen LogP) is 3.48. The number of hydrogen-bond donors (Lipinski definition) is 0. The lowest BCUT2D eigenvalue weighted by atomic mass is 9.94. The summed E-state index contributed by atoms with van der Waals surface area (Å²) in [6, 6.07) is 11.4. The summed E-state index contributed by atoms with van der Waals surface area (Å²) < 4.78 is 0. The molecule has 2 aromatic carbocycles. The summed E-state index contributed by atoms with van der Waals surface area (Å²) in [5, 5.41) is 11.0. The number of nitrogens with zero attached hydrogens (tertiary/aromatic N) is 4. The largest absolute Gasteiger partial charge is 0.336 e. The first-order chi connectivity index (χ1) is 16.9. The zero-order valence-corrected chi connectivity index (χ0v) is 19.5. The Morgan fingerprint density at radius 3 is 2.34 bits per heavy atom. The molecule has 0 unspecified atom stereocenters. The first kappa shape index (κ1) is 23.2. The van der Waals surface area contributed by atoms with Gasteiger partial charge in [0, 0.05) is 56.5 Å². The molecule has 0 aromatic heterocycles. The molecule has 1 aliphatic carbocycles. The number of non-ortho nitro benzene ring substituents is 1. The molecule has 2 aliphatic heterocycles. The van der Waals surface area contributed by atoms with Crippen LogP contribution in [-0.2, 0) is 6.54 Å². The molecule has 0 spiro atoms. The molecule has 9 nitrogen and oxygen atoms in total. The van der Waals surface area contributed by atoms with Crippen molar-refractivity contribution < 1.29 is 19.3 Å². The number of nitro benzene ring substituents is 1. The van der Waals surface area contributed by atoms with Crippen LogP contribution in [0.15, 0.2) is 42.5 Å². The Hall–Kier alpha value is -3.59. The Balaban J connectivity index is 1.23. The molecule has 0 bridgehead atoms. The fourth-order valence-corrected chi connectivity index (χ4v) is 5.38. The molecule has 1 saturated carbocycles. The fourth-order valence-electron chi connectivity index (χ4n) is 5.38. The number of fused-ring (bicyclic) bond motifs is 1. The lowest BCUT2D eigenvalue weighted by Crippen LogP contribution is -2.48. The fraction of sp³-hybridized carbons (Fsp3) is 0.423. The maximum Gasteiger partial charge on any atom is 0.269 e. The molecular weight excluding hydrogens is 448 g/mol. The maximum absolute atomic E-state index is 13.2. The summed E-state index contributed by atoms with van der Waals surface area (Å²) in [5.41, 5.74) is 2.07. The maximum atomic E-state index is 13.2. The SMILES string of the molecule is O=C(c1ccc2c(c1)C(=O)N(C1CCCCC1)C2=O)N1CCN(Cc2cccc([N+](=O)[O-])c2)CC1. The summed E-state index contributed by atoms with van der Waals surface area (Å²) in [7, 11) is 0. The van der Waals surface area contributed by atoms with Crippen LogP contribution in [0.3, 0.4) is 0 Å². The molecule has 3 amide bonds.